The summed E-state index contributed by atoms with van der Waals surface area (Å²) in [6.07, 6.45) is -4.34. The summed E-state index contributed by atoms with van der Waals surface area (Å²) < 4.78 is 44.0. The first-order valence-corrected chi connectivity index (χ1v) is 8.24. The van der Waals surface area contributed by atoms with E-state index in [4.69, 9.17) is 4.74 Å². The normalized spacial score (nSPS) is 11.6. The van der Waals surface area contributed by atoms with Gasteiger partial charge in [-0.15, -0.1) is 15.0 Å². The molecule has 0 radical (unpaired) electrons. The van der Waals surface area contributed by atoms with Gasteiger partial charge in [-0.3, -0.25) is 4.79 Å². The number of hydrogen-bond donors (Lipinski definition) is 1. The summed E-state index contributed by atoms with van der Waals surface area (Å²) in [4.78, 5) is 12.6. The minimum Gasteiger partial charge on any atom is -0.506 e. The molecule has 0 aliphatic rings. The number of Topliss-reactive ketones (excluding diaryl/α,β-unsaturated/α-hetero) is 1. The second kappa shape index (κ2) is 7.34. The number of benzene rings is 2. The average molecular weight is 391 g/mol. The Labute approximate surface area is 157 Å². The number of phenols is 1. The van der Waals surface area contributed by atoms with Gasteiger partial charge in [-0.25, -0.2) is 0 Å². The maximum Gasteiger partial charge on any atom is 0.416 e. The van der Waals surface area contributed by atoms with Crippen molar-refractivity contribution in [3.8, 4) is 17.2 Å². The Hall–Kier alpha value is -3.36. The van der Waals surface area contributed by atoms with Gasteiger partial charge in [0.1, 0.15) is 28.2 Å². The lowest BCUT2D eigenvalue weighted by Gasteiger charge is -2.09. The van der Waals surface area contributed by atoms with Crippen LogP contribution in [0.5, 0.6) is 11.5 Å². The maximum atomic E-state index is 12.8. The average Bonchev–Trinajstić information content (AvgIpc) is 3.05. The summed E-state index contributed by atoms with van der Waals surface area (Å²) in [6, 6.07) is 7.29. The lowest BCUT2D eigenvalue weighted by atomic mass is 10.2. The molecular formula is C19H16F3N3O3. The van der Waals surface area contributed by atoms with Crippen LogP contribution >= 0.6 is 0 Å². The molecule has 0 saturated carbocycles. The molecule has 1 heterocycles. The Balaban J connectivity index is 1.86. The molecule has 0 fully saturated rings. The topological polar surface area (TPSA) is 77.2 Å². The first-order chi connectivity index (χ1) is 13.1. The van der Waals surface area contributed by atoms with E-state index in [1.165, 1.54) is 24.3 Å². The molecule has 0 saturated heterocycles. The molecule has 0 aliphatic heterocycles. The number of aromatic nitrogens is 3. The molecule has 1 aromatic heterocycles. The second-order valence-corrected chi connectivity index (χ2v) is 6.14. The highest BCUT2D eigenvalue weighted by Crippen LogP contribution is 2.31. The van der Waals surface area contributed by atoms with Crippen molar-refractivity contribution < 1.29 is 27.8 Å². The van der Waals surface area contributed by atoms with Crippen molar-refractivity contribution in [3.05, 3.63) is 54.1 Å². The lowest BCUT2D eigenvalue weighted by Crippen LogP contribution is -2.07. The maximum absolute atomic E-state index is 12.8. The molecule has 0 bridgehead atoms. The van der Waals surface area contributed by atoms with Crippen molar-refractivity contribution in [1.29, 1.82) is 0 Å². The number of ether oxygens (including phenoxy) is 1. The number of nitrogens with zero attached hydrogens (tertiary/aromatic N) is 3. The number of ketones is 1. The fourth-order valence-corrected chi connectivity index (χ4v) is 2.43. The van der Waals surface area contributed by atoms with E-state index in [2.05, 4.69) is 16.8 Å². The Kier molecular flexibility index (Phi) is 5.08. The van der Waals surface area contributed by atoms with Crippen LogP contribution in [0.1, 0.15) is 18.9 Å². The number of aromatic hydroxyl groups is 1. The van der Waals surface area contributed by atoms with Crippen molar-refractivity contribution in [1.82, 2.24) is 15.0 Å². The van der Waals surface area contributed by atoms with Crippen LogP contribution in [0, 0.1) is 0 Å². The van der Waals surface area contributed by atoms with Crippen molar-refractivity contribution >= 4 is 16.8 Å². The van der Waals surface area contributed by atoms with Gasteiger partial charge in [-0.1, -0.05) is 6.58 Å². The van der Waals surface area contributed by atoms with Crippen LogP contribution in [0.3, 0.4) is 0 Å². The first kappa shape index (κ1) is 19.4. The number of alkyl halides is 3. The van der Waals surface area contributed by atoms with E-state index in [0.717, 1.165) is 16.9 Å². The van der Waals surface area contributed by atoms with Gasteiger partial charge >= 0.3 is 6.18 Å². The number of fused-ring (bicyclic) bond motifs is 1. The zero-order valence-corrected chi connectivity index (χ0v) is 14.8. The number of rotatable bonds is 6. The fourth-order valence-electron chi connectivity index (χ4n) is 2.43. The first-order valence-electron chi connectivity index (χ1n) is 8.24. The standard InChI is InChI=1S/C19H16F3N3O3/c1-11(2)17(26)7-8-28-13-4-6-18(27)16(10-13)25-23-14-5-3-12(19(20,21)22)9-15(14)24-25/h3-6,9-10,27H,1,7-8H2,2H3. The van der Waals surface area contributed by atoms with E-state index in [9.17, 15) is 23.1 Å². The number of halogens is 3. The SMILES string of the molecule is C=C(C)C(=O)CCOc1ccc(O)c(-n2nc3ccc(C(F)(F)F)cc3n2)c1. The summed E-state index contributed by atoms with van der Waals surface area (Å²) in [5, 5.41) is 18.2. The number of phenolic OH excluding ortho intramolecular Hbond substituents is 1. The largest absolute Gasteiger partial charge is 0.506 e. The highest BCUT2D eigenvalue weighted by Gasteiger charge is 2.31. The summed E-state index contributed by atoms with van der Waals surface area (Å²) >= 11 is 0. The minimum absolute atomic E-state index is 0.0348. The monoisotopic (exact) mass is 391 g/mol. The predicted molar refractivity (Wildman–Crippen MR) is 95.5 cm³/mol. The fraction of sp³-hybridized carbons (Fsp3) is 0.211. The number of carbonyl (C=O) groups excluding carboxylic acids is 1. The van der Waals surface area contributed by atoms with Gasteiger partial charge in [0, 0.05) is 12.5 Å². The van der Waals surface area contributed by atoms with Gasteiger partial charge in [0.25, 0.3) is 0 Å². The van der Waals surface area contributed by atoms with Crippen molar-refractivity contribution in [2.75, 3.05) is 6.61 Å². The Morgan fingerprint density at radius 1 is 1.18 bits per heavy atom. The minimum atomic E-state index is -4.49. The molecule has 0 aliphatic carbocycles. The Morgan fingerprint density at radius 3 is 2.57 bits per heavy atom. The van der Waals surface area contributed by atoms with Crippen LogP contribution in [0.2, 0.25) is 0 Å². The third kappa shape index (κ3) is 4.13. The highest BCUT2D eigenvalue weighted by molar-refractivity contribution is 5.94. The molecule has 0 spiro atoms. The van der Waals surface area contributed by atoms with Crippen LogP contribution in [0.25, 0.3) is 16.7 Å². The van der Waals surface area contributed by atoms with E-state index < -0.39 is 11.7 Å². The Bertz CT molecular complexity index is 1060. The van der Waals surface area contributed by atoms with Crippen molar-refractivity contribution in [2.24, 2.45) is 0 Å². The summed E-state index contributed by atoms with van der Waals surface area (Å²) in [5.41, 5.74) is 0.00283. The number of hydrogen-bond acceptors (Lipinski definition) is 5. The third-order valence-electron chi connectivity index (χ3n) is 3.94. The van der Waals surface area contributed by atoms with Crippen molar-refractivity contribution in [3.63, 3.8) is 0 Å². The predicted octanol–water partition coefficient (Wildman–Crippen LogP) is 4.06. The van der Waals surface area contributed by atoms with E-state index in [0.29, 0.717) is 11.3 Å². The molecule has 3 aromatic rings. The lowest BCUT2D eigenvalue weighted by molar-refractivity contribution is -0.137. The van der Waals surface area contributed by atoms with E-state index >= 15 is 0 Å². The van der Waals surface area contributed by atoms with Crippen LogP contribution in [-0.4, -0.2) is 32.5 Å². The number of allylic oxidation sites excluding steroid dienone is 1. The Morgan fingerprint density at radius 2 is 1.89 bits per heavy atom. The van der Waals surface area contributed by atoms with Gasteiger partial charge in [0.2, 0.25) is 0 Å². The van der Waals surface area contributed by atoms with Crippen LogP contribution in [0.4, 0.5) is 13.2 Å². The summed E-state index contributed by atoms with van der Waals surface area (Å²) in [6.45, 7) is 5.28. The molecule has 146 valence electrons. The second-order valence-electron chi connectivity index (χ2n) is 6.14. The smallest absolute Gasteiger partial charge is 0.416 e. The molecule has 0 amide bonds. The van der Waals surface area contributed by atoms with Gasteiger partial charge in [-0.05, 0) is 42.8 Å². The molecule has 9 heteroatoms. The van der Waals surface area contributed by atoms with E-state index in [1.807, 2.05) is 0 Å². The highest BCUT2D eigenvalue weighted by atomic mass is 19.4. The van der Waals surface area contributed by atoms with Gasteiger partial charge in [0.05, 0.1) is 12.2 Å². The summed E-state index contributed by atoms with van der Waals surface area (Å²) in [7, 11) is 0. The number of carbonyl (C=O) groups is 1. The van der Waals surface area contributed by atoms with Crippen LogP contribution < -0.4 is 4.74 Å². The quantitative estimate of drug-likeness (QED) is 0.642. The molecule has 3 rings (SSSR count). The van der Waals surface area contributed by atoms with Gasteiger partial charge in [0.15, 0.2) is 5.78 Å². The van der Waals surface area contributed by atoms with E-state index in [-0.39, 0.29) is 41.3 Å². The zero-order chi connectivity index (χ0) is 20.5. The summed E-state index contributed by atoms with van der Waals surface area (Å²) in [5.74, 6) is 0.0424. The van der Waals surface area contributed by atoms with Gasteiger partial charge < -0.3 is 9.84 Å². The molecule has 2 aromatic carbocycles. The molecular weight excluding hydrogens is 375 g/mol. The van der Waals surface area contributed by atoms with Crippen LogP contribution in [0.15, 0.2) is 48.6 Å². The molecule has 0 atom stereocenters. The molecule has 0 unspecified atom stereocenters. The van der Waals surface area contributed by atoms with E-state index in [1.54, 1.807) is 6.92 Å². The van der Waals surface area contributed by atoms with Crippen LogP contribution in [-0.2, 0) is 11.0 Å². The molecule has 28 heavy (non-hydrogen) atoms. The molecule has 1 N–H and O–H groups in total. The van der Waals surface area contributed by atoms with Crippen molar-refractivity contribution in [2.45, 2.75) is 19.5 Å². The third-order valence-corrected chi connectivity index (χ3v) is 3.94. The van der Waals surface area contributed by atoms with Gasteiger partial charge in [-0.2, -0.15) is 13.2 Å². The zero-order valence-electron chi connectivity index (χ0n) is 14.8. The molecule has 6 nitrogen and oxygen atoms in total.